The van der Waals surface area contributed by atoms with Crippen molar-refractivity contribution in [3.8, 4) is 0 Å². The van der Waals surface area contributed by atoms with Gasteiger partial charge in [-0.15, -0.1) is 0 Å². The van der Waals surface area contributed by atoms with Crippen molar-refractivity contribution in [1.29, 1.82) is 0 Å². The third-order valence-electron chi connectivity index (χ3n) is 4.15. The fourth-order valence-corrected chi connectivity index (χ4v) is 3.09. The molecule has 3 rings (SSSR count). The number of nitrogens with one attached hydrogen (secondary N) is 2. The van der Waals surface area contributed by atoms with Crippen molar-refractivity contribution >= 4 is 46.6 Å². The van der Waals surface area contributed by atoms with Crippen LogP contribution in [0.1, 0.15) is 21.5 Å². The lowest BCUT2D eigenvalue weighted by Gasteiger charge is -2.12. The van der Waals surface area contributed by atoms with Crippen molar-refractivity contribution in [3.05, 3.63) is 93.5 Å². The summed E-state index contributed by atoms with van der Waals surface area (Å²) in [6, 6.07) is 19.3. The molecule has 0 saturated heterocycles. The molecule has 4 N–H and O–H groups in total. The standard InChI is InChI=1S/C22H19Cl2N3O3/c23-19-11-17(27-22(29)30-13-14-5-2-1-3-6-14)10-18(20(19)24)21(28)26-16-8-4-7-15(9-16)12-25/h1-11H,12-13,25H2,(H,26,28)(H,27,29). The molecule has 0 saturated carbocycles. The predicted octanol–water partition coefficient (Wildman–Crippen LogP) is 5.45. The Balaban J connectivity index is 1.71. The molecule has 2 amide bonds. The molecule has 154 valence electrons. The summed E-state index contributed by atoms with van der Waals surface area (Å²) < 4.78 is 5.19. The maximum Gasteiger partial charge on any atom is 0.411 e. The summed E-state index contributed by atoms with van der Waals surface area (Å²) in [4.78, 5) is 24.8. The lowest BCUT2D eigenvalue weighted by molar-refractivity contribution is 0.102. The van der Waals surface area contributed by atoms with Crippen LogP contribution in [0.4, 0.5) is 16.2 Å². The van der Waals surface area contributed by atoms with Gasteiger partial charge < -0.3 is 15.8 Å². The molecule has 3 aromatic rings. The summed E-state index contributed by atoms with van der Waals surface area (Å²) in [6.07, 6.45) is -0.681. The molecule has 0 aliphatic rings. The van der Waals surface area contributed by atoms with E-state index in [4.69, 9.17) is 33.7 Å². The van der Waals surface area contributed by atoms with E-state index >= 15 is 0 Å². The predicted molar refractivity (Wildman–Crippen MR) is 119 cm³/mol. The number of benzene rings is 3. The van der Waals surface area contributed by atoms with E-state index in [2.05, 4.69) is 10.6 Å². The molecule has 0 unspecified atom stereocenters. The van der Waals surface area contributed by atoms with Crippen LogP contribution < -0.4 is 16.4 Å². The number of hydrogen-bond acceptors (Lipinski definition) is 4. The van der Waals surface area contributed by atoms with Crippen molar-refractivity contribution in [3.63, 3.8) is 0 Å². The highest BCUT2D eigenvalue weighted by Gasteiger charge is 2.17. The Kier molecular flexibility index (Phi) is 7.30. The normalized spacial score (nSPS) is 10.4. The first-order valence-electron chi connectivity index (χ1n) is 9.03. The highest BCUT2D eigenvalue weighted by molar-refractivity contribution is 6.44. The van der Waals surface area contributed by atoms with Crippen molar-refractivity contribution < 1.29 is 14.3 Å². The third kappa shape index (κ3) is 5.73. The molecule has 8 heteroatoms. The average Bonchev–Trinajstić information content (AvgIpc) is 2.75. The molecule has 0 heterocycles. The van der Waals surface area contributed by atoms with E-state index in [-0.39, 0.29) is 27.9 Å². The number of carbonyl (C=O) groups is 2. The SMILES string of the molecule is NCc1cccc(NC(=O)c2cc(NC(=O)OCc3ccccc3)cc(Cl)c2Cl)c1. The minimum absolute atomic E-state index is 0.0762. The van der Waals surface area contributed by atoms with E-state index < -0.39 is 12.0 Å². The van der Waals surface area contributed by atoms with Crippen LogP contribution in [-0.4, -0.2) is 12.0 Å². The monoisotopic (exact) mass is 443 g/mol. The lowest BCUT2D eigenvalue weighted by Crippen LogP contribution is -2.16. The van der Waals surface area contributed by atoms with E-state index in [1.165, 1.54) is 12.1 Å². The van der Waals surface area contributed by atoms with Crippen LogP contribution >= 0.6 is 23.2 Å². The minimum Gasteiger partial charge on any atom is -0.444 e. The summed E-state index contributed by atoms with van der Waals surface area (Å²) in [6.45, 7) is 0.458. The second-order valence-corrected chi connectivity index (χ2v) is 7.15. The molecule has 0 aliphatic carbocycles. The summed E-state index contributed by atoms with van der Waals surface area (Å²) >= 11 is 12.4. The summed E-state index contributed by atoms with van der Waals surface area (Å²) in [7, 11) is 0. The Morgan fingerprint density at radius 1 is 0.867 bits per heavy atom. The average molecular weight is 444 g/mol. The van der Waals surface area contributed by atoms with E-state index in [1.54, 1.807) is 18.2 Å². The second kappa shape index (κ2) is 10.1. The van der Waals surface area contributed by atoms with Crippen LogP contribution in [0.25, 0.3) is 0 Å². The molecular formula is C22H19Cl2N3O3. The van der Waals surface area contributed by atoms with Crippen LogP contribution in [0.5, 0.6) is 0 Å². The van der Waals surface area contributed by atoms with E-state index in [0.717, 1.165) is 11.1 Å². The Hall–Kier alpha value is -3.06. The van der Waals surface area contributed by atoms with Gasteiger partial charge in [0, 0.05) is 17.9 Å². The molecule has 0 spiro atoms. The Labute approximate surface area is 183 Å². The van der Waals surface area contributed by atoms with Gasteiger partial charge in [-0.1, -0.05) is 65.7 Å². The number of nitrogens with two attached hydrogens (primary N) is 1. The fraction of sp³-hybridized carbons (Fsp3) is 0.0909. The Bertz CT molecular complexity index is 1060. The Morgan fingerprint density at radius 3 is 2.33 bits per heavy atom. The number of anilines is 2. The van der Waals surface area contributed by atoms with Gasteiger partial charge in [-0.25, -0.2) is 4.79 Å². The van der Waals surface area contributed by atoms with Gasteiger partial charge >= 0.3 is 6.09 Å². The first-order chi connectivity index (χ1) is 14.5. The van der Waals surface area contributed by atoms with Gasteiger partial charge in [0.25, 0.3) is 5.91 Å². The molecule has 6 nitrogen and oxygen atoms in total. The number of ether oxygens (including phenoxy) is 1. The molecule has 3 aromatic carbocycles. The van der Waals surface area contributed by atoms with E-state index in [1.807, 2.05) is 36.4 Å². The van der Waals surface area contributed by atoms with Crippen LogP contribution in [-0.2, 0) is 17.9 Å². The maximum atomic E-state index is 12.7. The molecule has 0 radical (unpaired) electrons. The molecule has 0 aromatic heterocycles. The second-order valence-electron chi connectivity index (χ2n) is 6.36. The zero-order valence-corrected chi connectivity index (χ0v) is 17.3. The molecule has 0 fully saturated rings. The zero-order chi connectivity index (χ0) is 21.5. The number of amides is 2. The van der Waals surface area contributed by atoms with Crippen molar-refractivity contribution in [2.45, 2.75) is 13.2 Å². The van der Waals surface area contributed by atoms with Crippen molar-refractivity contribution in [1.82, 2.24) is 0 Å². The maximum absolute atomic E-state index is 12.7. The number of rotatable bonds is 6. The molecule has 0 atom stereocenters. The van der Waals surface area contributed by atoms with Gasteiger partial charge in [0.15, 0.2) is 0 Å². The minimum atomic E-state index is -0.681. The topological polar surface area (TPSA) is 93.5 Å². The number of halogens is 2. The lowest BCUT2D eigenvalue weighted by atomic mass is 10.1. The van der Waals surface area contributed by atoms with Crippen LogP contribution in [0.15, 0.2) is 66.7 Å². The summed E-state index contributed by atoms with van der Waals surface area (Å²) in [5.41, 5.74) is 8.31. The van der Waals surface area contributed by atoms with Gasteiger partial charge in [-0.2, -0.15) is 0 Å². The largest absolute Gasteiger partial charge is 0.444 e. The van der Waals surface area contributed by atoms with Crippen LogP contribution in [0.2, 0.25) is 10.0 Å². The van der Waals surface area contributed by atoms with Gasteiger partial charge in [0.2, 0.25) is 0 Å². The highest BCUT2D eigenvalue weighted by Crippen LogP contribution is 2.30. The molecule has 0 bridgehead atoms. The van der Waals surface area contributed by atoms with E-state index in [9.17, 15) is 9.59 Å². The van der Waals surface area contributed by atoms with Gasteiger partial charge in [-0.05, 0) is 35.4 Å². The molecule has 30 heavy (non-hydrogen) atoms. The zero-order valence-electron chi connectivity index (χ0n) is 15.8. The molecule has 0 aliphatic heterocycles. The summed E-state index contributed by atoms with van der Waals surface area (Å²) in [5.74, 6) is -0.475. The van der Waals surface area contributed by atoms with Crippen molar-refractivity contribution in [2.75, 3.05) is 10.6 Å². The third-order valence-corrected chi connectivity index (χ3v) is 4.95. The van der Waals surface area contributed by atoms with Gasteiger partial charge in [0.05, 0.1) is 15.6 Å². The van der Waals surface area contributed by atoms with Crippen LogP contribution in [0, 0.1) is 0 Å². The number of carbonyl (C=O) groups excluding carboxylic acids is 2. The van der Waals surface area contributed by atoms with Gasteiger partial charge in [-0.3, -0.25) is 10.1 Å². The Morgan fingerprint density at radius 2 is 1.60 bits per heavy atom. The van der Waals surface area contributed by atoms with Crippen molar-refractivity contribution in [2.24, 2.45) is 5.73 Å². The number of hydrogen-bond donors (Lipinski definition) is 3. The highest BCUT2D eigenvalue weighted by atomic mass is 35.5. The first-order valence-corrected chi connectivity index (χ1v) is 9.79. The fourth-order valence-electron chi connectivity index (χ4n) is 2.68. The van der Waals surface area contributed by atoms with Crippen LogP contribution in [0.3, 0.4) is 0 Å². The molecular weight excluding hydrogens is 425 g/mol. The van der Waals surface area contributed by atoms with Gasteiger partial charge in [0.1, 0.15) is 6.61 Å². The van der Waals surface area contributed by atoms with E-state index in [0.29, 0.717) is 12.2 Å². The first kappa shape index (κ1) is 21.6. The quantitative estimate of drug-likeness (QED) is 0.471. The summed E-state index contributed by atoms with van der Waals surface area (Å²) in [5, 5.41) is 5.50. The smallest absolute Gasteiger partial charge is 0.411 e.